The topological polar surface area (TPSA) is 31.2 Å². The molecule has 0 atom stereocenters. The van der Waals surface area contributed by atoms with Crippen LogP contribution in [-0.2, 0) is 11.3 Å². The van der Waals surface area contributed by atoms with Crippen LogP contribution in [-0.4, -0.2) is 18.3 Å². The summed E-state index contributed by atoms with van der Waals surface area (Å²) >= 11 is 0. The minimum absolute atomic E-state index is 0.0343. The Bertz CT molecular complexity index is 304. The number of methoxy groups -OCH3 is 1. The van der Waals surface area contributed by atoms with Crippen LogP contribution in [0.1, 0.15) is 5.69 Å². The van der Waals surface area contributed by atoms with Crippen LogP contribution < -0.4 is 5.56 Å². The fourth-order valence-electron chi connectivity index (χ4n) is 1.09. The molecule has 0 bridgehead atoms. The third kappa shape index (κ3) is 1.95. The van der Waals surface area contributed by atoms with Crippen molar-refractivity contribution in [3.05, 3.63) is 34.2 Å². The van der Waals surface area contributed by atoms with Crippen LogP contribution in [0.25, 0.3) is 0 Å². The molecule has 0 aliphatic heterocycles. The van der Waals surface area contributed by atoms with Crippen LogP contribution in [0.4, 0.5) is 0 Å². The second-order valence-corrected chi connectivity index (χ2v) is 2.65. The Morgan fingerprint density at radius 1 is 1.50 bits per heavy atom. The number of nitrogens with zero attached hydrogens (tertiary/aromatic N) is 1. The molecule has 0 aliphatic carbocycles. The fraction of sp³-hybridized carbons (Fsp3) is 0.444. The third-order valence-electron chi connectivity index (χ3n) is 1.79. The zero-order chi connectivity index (χ0) is 8.97. The molecule has 1 rings (SSSR count). The summed E-state index contributed by atoms with van der Waals surface area (Å²) in [5, 5.41) is 0. The van der Waals surface area contributed by atoms with Crippen molar-refractivity contribution >= 4 is 0 Å². The van der Waals surface area contributed by atoms with Crippen LogP contribution in [0, 0.1) is 6.92 Å². The van der Waals surface area contributed by atoms with Gasteiger partial charge in [-0.05, 0) is 13.0 Å². The summed E-state index contributed by atoms with van der Waals surface area (Å²) in [7, 11) is 1.63. The number of hydrogen-bond donors (Lipinski definition) is 0. The molecule has 12 heavy (non-hydrogen) atoms. The molecule has 0 amide bonds. The van der Waals surface area contributed by atoms with Gasteiger partial charge >= 0.3 is 0 Å². The average Bonchev–Trinajstić information content (AvgIpc) is 2.04. The Hall–Kier alpha value is -1.09. The van der Waals surface area contributed by atoms with Crippen molar-refractivity contribution < 1.29 is 4.74 Å². The summed E-state index contributed by atoms with van der Waals surface area (Å²) < 4.78 is 6.59. The highest BCUT2D eigenvalue weighted by Gasteiger charge is 1.96. The van der Waals surface area contributed by atoms with Gasteiger partial charge in [0.15, 0.2) is 0 Å². The van der Waals surface area contributed by atoms with Gasteiger partial charge in [-0.3, -0.25) is 4.79 Å². The van der Waals surface area contributed by atoms with Crippen molar-refractivity contribution in [2.45, 2.75) is 13.5 Å². The molecule has 0 aliphatic rings. The first-order valence-electron chi connectivity index (χ1n) is 3.91. The number of rotatable bonds is 3. The summed E-state index contributed by atoms with van der Waals surface area (Å²) in [6, 6.07) is 5.24. The Labute approximate surface area is 71.6 Å². The molecular weight excluding hydrogens is 154 g/mol. The lowest BCUT2D eigenvalue weighted by atomic mass is 10.3. The van der Waals surface area contributed by atoms with Crippen molar-refractivity contribution in [3.63, 3.8) is 0 Å². The molecular formula is C9H13NO2. The van der Waals surface area contributed by atoms with Crippen LogP contribution >= 0.6 is 0 Å². The van der Waals surface area contributed by atoms with Gasteiger partial charge in [0.25, 0.3) is 5.56 Å². The number of hydrogen-bond acceptors (Lipinski definition) is 2. The van der Waals surface area contributed by atoms with E-state index in [0.717, 1.165) is 5.69 Å². The van der Waals surface area contributed by atoms with Gasteiger partial charge in [-0.15, -0.1) is 0 Å². The van der Waals surface area contributed by atoms with Gasteiger partial charge < -0.3 is 9.30 Å². The lowest BCUT2D eigenvalue weighted by molar-refractivity contribution is 0.185. The lowest BCUT2D eigenvalue weighted by Crippen LogP contribution is -2.22. The van der Waals surface area contributed by atoms with Gasteiger partial charge in [0.2, 0.25) is 0 Å². The minimum Gasteiger partial charge on any atom is -0.383 e. The summed E-state index contributed by atoms with van der Waals surface area (Å²) in [6.07, 6.45) is 0. The molecule has 66 valence electrons. The predicted molar refractivity (Wildman–Crippen MR) is 47.3 cm³/mol. The first kappa shape index (κ1) is 9.00. The van der Waals surface area contributed by atoms with Crippen LogP contribution in [0.2, 0.25) is 0 Å². The monoisotopic (exact) mass is 167 g/mol. The molecule has 0 radical (unpaired) electrons. The highest BCUT2D eigenvalue weighted by molar-refractivity contribution is 5.04. The van der Waals surface area contributed by atoms with Gasteiger partial charge in [-0.2, -0.15) is 0 Å². The van der Waals surface area contributed by atoms with Gasteiger partial charge in [0, 0.05) is 25.4 Å². The predicted octanol–water partition coefficient (Wildman–Crippen LogP) is 0.803. The Morgan fingerprint density at radius 2 is 2.25 bits per heavy atom. The molecule has 3 heteroatoms. The second kappa shape index (κ2) is 4.07. The van der Waals surface area contributed by atoms with Crippen LogP contribution in [0.3, 0.4) is 0 Å². The molecule has 0 saturated heterocycles. The molecule has 0 aromatic carbocycles. The number of pyridine rings is 1. The molecule has 0 fully saturated rings. The Kier molecular flexibility index (Phi) is 3.05. The average molecular weight is 167 g/mol. The molecule has 0 spiro atoms. The van der Waals surface area contributed by atoms with E-state index in [1.807, 2.05) is 13.0 Å². The first-order valence-corrected chi connectivity index (χ1v) is 3.91. The molecule has 1 aromatic heterocycles. The fourth-order valence-corrected chi connectivity index (χ4v) is 1.09. The van der Waals surface area contributed by atoms with Crippen LogP contribution in [0.5, 0.6) is 0 Å². The van der Waals surface area contributed by atoms with E-state index >= 15 is 0 Å². The third-order valence-corrected chi connectivity index (χ3v) is 1.79. The standard InChI is InChI=1S/C9H13NO2/c1-8-4-3-5-9(11)10(8)6-7-12-2/h3-5H,6-7H2,1-2H3. The van der Waals surface area contributed by atoms with Crippen molar-refractivity contribution in [1.82, 2.24) is 4.57 Å². The van der Waals surface area contributed by atoms with Crippen molar-refractivity contribution in [2.24, 2.45) is 0 Å². The Morgan fingerprint density at radius 3 is 2.83 bits per heavy atom. The SMILES string of the molecule is COCCn1c(C)cccc1=O. The second-order valence-electron chi connectivity index (χ2n) is 2.65. The summed E-state index contributed by atoms with van der Waals surface area (Å²) in [6.45, 7) is 3.11. The van der Waals surface area contributed by atoms with Gasteiger partial charge in [0.05, 0.1) is 6.61 Å². The highest BCUT2D eigenvalue weighted by Crippen LogP contribution is 1.92. The largest absolute Gasteiger partial charge is 0.383 e. The first-order chi connectivity index (χ1) is 5.75. The van der Waals surface area contributed by atoms with E-state index < -0.39 is 0 Å². The maximum Gasteiger partial charge on any atom is 0.250 e. The normalized spacial score (nSPS) is 10.2. The zero-order valence-corrected chi connectivity index (χ0v) is 7.41. The summed E-state index contributed by atoms with van der Waals surface area (Å²) in [5.41, 5.74) is 1.01. The lowest BCUT2D eigenvalue weighted by Gasteiger charge is -2.07. The molecule has 0 saturated carbocycles. The number of ether oxygens (including phenoxy) is 1. The summed E-state index contributed by atoms with van der Waals surface area (Å²) in [4.78, 5) is 11.3. The van der Waals surface area contributed by atoms with Crippen LogP contribution in [0.15, 0.2) is 23.0 Å². The number of aromatic nitrogens is 1. The van der Waals surface area contributed by atoms with E-state index in [-0.39, 0.29) is 5.56 Å². The molecule has 1 aromatic rings. The van der Waals surface area contributed by atoms with E-state index in [2.05, 4.69) is 0 Å². The molecule has 0 N–H and O–H groups in total. The van der Waals surface area contributed by atoms with E-state index in [4.69, 9.17) is 4.74 Å². The van der Waals surface area contributed by atoms with Crippen molar-refractivity contribution in [3.8, 4) is 0 Å². The quantitative estimate of drug-likeness (QED) is 0.667. The highest BCUT2D eigenvalue weighted by atomic mass is 16.5. The maximum atomic E-state index is 11.3. The summed E-state index contributed by atoms with van der Waals surface area (Å²) in [5.74, 6) is 0. The van der Waals surface area contributed by atoms with E-state index in [1.165, 1.54) is 0 Å². The van der Waals surface area contributed by atoms with Gasteiger partial charge in [0.1, 0.15) is 0 Å². The molecule has 3 nitrogen and oxygen atoms in total. The number of aryl methyl sites for hydroxylation is 1. The molecule has 1 heterocycles. The van der Waals surface area contributed by atoms with Crippen molar-refractivity contribution in [1.29, 1.82) is 0 Å². The van der Waals surface area contributed by atoms with Crippen molar-refractivity contribution in [2.75, 3.05) is 13.7 Å². The van der Waals surface area contributed by atoms with E-state index in [9.17, 15) is 4.79 Å². The van der Waals surface area contributed by atoms with E-state index in [1.54, 1.807) is 23.8 Å². The maximum absolute atomic E-state index is 11.3. The smallest absolute Gasteiger partial charge is 0.250 e. The van der Waals surface area contributed by atoms with E-state index in [0.29, 0.717) is 13.2 Å². The minimum atomic E-state index is 0.0343. The Balaban J connectivity index is 2.89. The van der Waals surface area contributed by atoms with Gasteiger partial charge in [-0.1, -0.05) is 6.07 Å². The molecule has 0 unspecified atom stereocenters. The van der Waals surface area contributed by atoms with Gasteiger partial charge in [-0.25, -0.2) is 0 Å². The zero-order valence-electron chi connectivity index (χ0n) is 7.41.